The highest BCUT2D eigenvalue weighted by atomic mass is 32.2. The zero-order valence-electron chi connectivity index (χ0n) is 14.7. The molecule has 2 aromatic carbocycles. The van der Waals surface area contributed by atoms with Crippen LogP contribution in [0.2, 0.25) is 0 Å². The van der Waals surface area contributed by atoms with E-state index in [1.807, 2.05) is 13.8 Å². The molecule has 0 fully saturated rings. The van der Waals surface area contributed by atoms with Gasteiger partial charge in [-0.15, -0.1) is 0 Å². The van der Waals surface area contributed by atoms with Crippen molar-refractivity contribution in [3.63, 3.8) is 0 Å². The molecular weight excluding hydrogens is 358 g/mol. The molecule has 0 radical (unpaired) electrons. The van der Waals surface area contributed by atoms with E-state index in [0.717, 1.165) is 0 Å². The van der Waals surface area contributed by atoms with Crippen molar-refractivity contribution in [2.45, 2.75) is 31.3 Å². The predicted molar refractivity (Wildman–Crippen MR) is 97.3 cm³/mol. The lowest BCUT2D eigenvalue weighted by molar-refractivity contribution is -0.136. The van der Waals surface area contributed by atoms with Crippen LogP contribution in [0, 0.1) is 0 Å². The van der Waals surface area contributed by atoms with E-state index in [4.69, 9.17) is 14.6 Å². The van der Waals surface area contributed by atoms with Gasteiger partial charge in [0.1, 0.15) is 16.4 Å². The van der Waals surface area contributed by atoms with Crippen molar-refractivity contribution in [3.05, 3.63) is 48.0 Å². The standard InChI is InChI=1S/C18H21NO6S/c1-12(2)25-15-7-5-4-6-14(15)19-26(22,23)17-10-13(11-18(20)21)8-9-16(17)24-3/h4-10,12,19H,11H2,1-3H3,(H,20,21). The molecule has 8 heteroatoms. The number of ether oxygens (including phenoxy) is 2. The Kier molecular flexibility index (Phi) is 6.10. The second-order valence-corrected chi connectivity index (χ2v) is 7.47. The lowest BCUT2D eigenvalue weighted by Crippen LogP contribution is -2.16. The Balaban J connectivity index is 2.43. The number of nitrogens with one attached hydrogen (secondary N) is 1. The molecule has 2 N–H and O–H groups in total. The van der Waals surface area contributed by atoms with E-state index in [1.54, 1.807) is 24.3 Å². The van der Waals surface area contributed by atoms with Gasteiger partial charge in [-0.25, -0.2) is 8.42 Å². The summed E-state index contributed by atoms with van der Waals surface area (Å²) in [6.45, 7) is 3.67. The molecule has 26 heavy (non-hydrogen) atoms. The van der Waals surface area contributed by atoms with Crippen LogP contribution in [0.5, 0.6) is 11.5 Å². The Morgan fingerprint density at radius 1 is 1.15 bits per heavy atom. The van der Waals surface area contributed by atoms with Crippen molar-refractivity contribution in [2.24, 2.45) is 0 Å². The molecule has 0 aliphatic carbocycles. The summed E-state index contributed by atoms with van der Waals surface area (Å²) in [7, 11) is -2.67. The van der Waals surface area contributed by atoms with Crippen molar-refractivity contribution >= 4 is 21.7 Å². The Morgan fingerprint density at radius 3 is 2.46 bits per heavy atom. The highest BCUT2D eigenvalue weighted by Gasteiger charge is 2.22. The van der Waals surface area contributed by atoms with Gasteiger partial charge in [-0.05, 0) is 43.7 Å². The number of carbonyl (C=O) groups is 1. The van der Waals surface area contributed by atoms with E-state index in [1.165, 1.54) is 25.3 Å². The largest absolute Gasteiger partial charge is 0.495 e. The Labute approximate surface area is 152 Å². The zero-order chi connectivity index (χ0) is 19.3. The fourth-order valence-corrected chi connectivity index (χ4v) is 3.61. The average Bonchev–Trinajstić information content (AvgIpc) is 2.55. The minimum absolute atomic E-state index is 0.119. The van der Waals surface area contributed by atoms with Crippen LogP contribution < -0.4 is 14.2 Å². The summed E-state index contributed by atoms with van der Waals surface area (Å²) in [5.74, 6) is -0.539. The normalized spacial score (nSPS) is 11.2. The van der Waals surface area contributed by atoms with Crippen LogP contribution in [0.25, 0.3) is 0 Å². The molecule has 0 atom stereocenters. The third-order valence-corrected chi connectivity index (χ3v) is 4.75. The third-order valence-electron chi connectivity index (χ3n) is 3.37. The number of rotatable bonds is 8. The van der Waals surface area contributed by atoms with E-state index >= 15 is 0 Å². The lowest BCUT2D eigenvalue weighted by Gasteiger charge is -2.17. The first-order valence-corrected chi connectivity index (χ1v) is 9.38. The van der Waals surface area contributed by atoms with E-state index in [-0.39, 0.29) is 28.9 Å². The number of anilines is 1. The van der Waals surface area contributed by atoms with E-state index in [9.17, 15) is 13.2 Å². The molecule has 0 aromatic heterocycles. The van der Waals surface area contributed by atoms with Gasteiger partial charge in [0.05, 0.1) is 25.3 Å². The van der Waals surface area contributed by atoms with E-state index in [0.29, 0.717) is 11.3 Å². The summed E-state index contributed by atoms with van der Waals surface area (Å²) in [4.78, 5) is 10.8. The van der Waals surface area contributed by atoms with Crippen molar-refractivity contribution in [2.75, 3.05) is 11.8 Å². The number of hydrogen-bond donors (Lipinski definition) is 2. The summed E-state index contributed by atoms with van der Waals surface area (Å²) in [6, 6.07) is 10.9. The summed E-state index contributed by atoms with van der Waals surface area (Å²) >= 11 is 0. The number of methoxy groups -OCH3 is 1. The fourth-order valence-electron chi connectivity index (χ4n) is 2.32. The Morgan fingerprint density at radius 2 is 1.85 bits per heavy atom. The second-order valence-electron chi connectivity index (χ2n) is 5.82. The van der Waals surface area contributed by atoms with Crippen LogP contribution in [0.3, 0.4) is 0 Å². The van der Waals surface area contributed by atoms with Crippen LogP contribution >= 0.6 is 0 Å². The summed E-state index contributed by atoms with van der Waals surface area (Å²) < 4.78 is 39.0. The first kappa shape index (κ1) is 19.6. The van der Waals surface area contributed by atoms with Gasteiger partial charge in [0, 0.05) is 0 Å². The molecule has 0 amide bonds. The van der Waals surface area contributed by atoms with Gasteiger partial charge in [0.2, 0.25) is 0 Å². The molecule has 2 rings (SSSR count). The first-order chi connectivity index (χ1) is 12.2. The topological polar surface area (TPSA) is 102 Å². The van der Waals surface area contributed by atoms with Gasteiger partial charge >= 0.3 is 5.97 Å². The number of sulfonamides is 1. The lowest BCUT2D eigenvalue weighted by atomic mass is 10.1. The van der Waals surface area contributed by atoms with E-state index in [2.05, 4.69) is 4.72 Å². The van der Waals surface area contributed by atoms with E-state index < -0.39 is 16.0 Å². The maximum Gasteiger partial charge on any atom is 0.307 e. The minimum atomic E-state index is -4.02. The molecule has 0 saturated carbocycles. The van der Waals surface area contributed by atoms with Gasteiger partial charge < -0.3 is 14.6 Å². The molecule has 0 heterocycles. The van der Waals surface area contributed by atoms with Gasteiger partial charge in [-0.1, -0.05) is 18.2 Å². The van der Waals surface area contributed by atoms with Crippen molar-refractivity contribution in [1.82, 2.24) is 0 Å². The molecular formula is C18H21NO6S. The summed E-state index contributed by atoms with van der Waals surface area (Å²) in [5, 5.41) is 8.93. The second kappa shape index (κ2) is 8.09. The zero-order valence-corrected chi connectivity index (χ0v) is 15.5. The van der Waals surface area contributed by atoms with Crippen molar-refractivity contribution < 1.29 is 27.8 Å². The van der Waals surface area contributed by atoms with Crippen LogP contribution in [0.1, 0.15) is 19.4 Å². The molecule has 0 aliphatic heterocycles. The molecule has 140 valence electrons. The minimum Gasteiger partial charge on any atom is -0.495 e. The molecule has 0 bridgehead atoms. The fraction of sp³-hybridized carbons (Fsp3) is 0.278. The highest BCUT2D eigenvalue weighted by molar-refractivity contribution is 7.92. The summed E-state index contributed by atoms with van der Waals surface area (Å²) in [5.41, 5.74) is 0.636. The first-order valence-electron chi connectivity index (χ1n) is 7.90. The number of aliphatic carboxylic acids is 1. The molecule has 0 aliphatic rings. The van der Waals surface area contributed by atoms with Crippen LogP contribution in [0.15, 0.2) is 47.4 Å². The van der Waals surface area contributed by atoms with Gasteiger partial charge in [-0.3, -0.25) is 9.52 Å². The third kappa shape index (κ3) is 4.89. The molecule has 2 aromatic rings. The Hall–Kier alpha value is -2.74. The maximum atomic E-state index is 12.9. The monoisotopic (exact) mass is 379 g/mol. The molecule has 7 nitrogen and oxygen atoms in total. The number of carboxylic acids is 1. The van der Waals surface area contributed by atoms with Crippen LogP contribution in [-0.2, 0) is 21.2 Å². The molecule has 0 spiro atoms. The SMILES string of the molecule is COc1ccc(CC(=O)O)cc1S(=O)(=O)Nc1ccccc1OC(C)C. The molecule has 0 saturated heterocycles. The number of carboxylic acid groups (broad SMARTS) is 1. The van der Waals surface area contributed by atoms with Crippen LogP contribution in [0.4, 0.5) is 5.69 Å². The van der Waals surface area contributed by atoms with Gasteiger partial charge in [0.25, 0.3) is 10.0 Å². The van der Waals surface area contributed by atoms with Crippen LogP contribution in [-0.4, -0.2) is 32.7 Å². The average molecular weight is 379 g/mol. The van der Waals surface area contributed by atoms with Crippen molar-refractivity contribution in [3.8, 4) is 11.5 Å². The predicted octanol–water partition coefficient (Wildman–Crippen LogP) is 2.91. The van der Waals surface area contributed by atoms with Gasteiger partial charge in [-0.2, -0.15) is 0 Å². The number of hydrogen-bond acceptors (Lipinski definition) is 5. The quantitative estimate of drug-likeness (QED) is 0.731. The smallest absolute Gasteiger partial charge is 0.307 e. The van der Waals surface area contributed by atoms with Crippen molar-refractivity contribution in [1.29, 1.82) is 0 Å². The number of benzene rings is 2. The van der Waals surface area contributed by atoms with Gasteiger partial charge in [0.15, 0.2) is 0 Å². The molecule has 0 unspecified atom stereocenters. The highest BCUT2D eigenvalue weighted by Crippen LogP contribution is 2.31. The Bertz CT molecular complexity index is 892. The summed E-state index contributed by atoms with van der Waals surface area (Å²) in [6.07, 6.45) is -0.423. The number of para-hydroxylation sites is 2. The maximum absolute atomic E-state index is 12.9.